The monoisotopic (exact) mass is 299 g/mol. The van der Waals surface area contributed by atoms with Gasteiger partial charge in [-0.25, -0.2) is 4.79 Å². The van der Waals surface area contributed by atoms with Gasteiger partial charge in [-0.05, 0) is 52.7 Å². The Morgan fingerprint density at radius 1 is 1.29 bits per heavy atom. The number of carboxylic acids is 1. The van der Waals surface area contributed by atoms with E-state index in [0.717, 1.165) is 38.6 Å². The van der Waals surface area contributed by atoms with Gasteiger partial charge in [0.25, 0.3) is 0 Å². The molecule has 1 aliphatic carbocycles. The predicted octanol–water partition coefficient (Wildman–Crippen LogP) is 1.52. The van der Waals surface area contributed by atoms with E-state index >= 15 is 0 Å². The number of nitrogens with zero attached hydrogens (tertiary/aromatic N) is 1. The second kappa shape index (κ2) is 8.87. The van der Waals surface area contributed by atoms with E-state index < -0.39 is 5.97 Å². The SMILES string of the molecule is CC(CCN(C)C)NC(=O)NCC1CCCCC1C(=O)O. The molecule has 1 fully saturated rings. The molecular formula is C15H29N3O3. The van der Waals surface area contributed by atoms with E-state index in [1.165, 1.54) is 0 Å². The van der Waals surface area contributed by atoms with Gasteiger partial charge in [0.1, 0.15) is 0 Å². The molecule has 122 valence electrons. The van der Waals surface area contributed by atoms with Gasteiger partial charge in [-0.15, -0.1) is 0 Å². The van der Waals surface area contributed by atoms with Gasteiger partial charge in [0.2, 0.25) is 0 Å². The van der Waals surface area contributed by atoms with E-state index in [2.05, 4.69) is 15.5 Å². The third kappa shape index (κ3) is 6.80. The van der Waals surface area contributed by atoms with Crippen LogP contribution < -0.4 is 10.6 Å². The molecule has 0 heterocycles. The first-order chi connectivity index (χ1) is 9.90. The number of amides is 2. The van der Waals surface area contributed by atoms with E-state index in [9.17, 15) is 14.7 Å². The second-order valence-corrected chi connectivity index (χ2v) is 6.34. The molecule has 2 amide bonds. The first-order valence-corrected chi connectivity index (χ1v) is 7.82. The van der Waals surface area contributed by atoms with Gasteiger partial charge in [0, 0.05) is 12.6 Å². The van der Waals surface area contributed by atoms with E-state index in [1.807, 2.05) is 21.0 Å². The number of hydrogen-bond donors (Lipinski definition) is 3. The van der Waals surface area contributed by atoms with E-state index in [-0.39, 0.29) is 23.9 Å². The quantitative estimate of drug-likeness (QED) is 0.665. The zero-order valence-corrected chi connectivity index (χ0v) is 13.4. The minimum atomic E-state index is -0.735. The molecule has 1 saturated carbocycles. The van der Waals surface area contributed by atoms with Crippen LogP contribution in [-0.2, 0) is 4.79 Å². The van der Waals surface area contributed by atoms with Gasteiger partial charge in [0.05, 0.1) is 5.92 Å². The Bertz CT molecular complexity index is 347. The van der Waals surface area contributed by atoms with Gasteiger partial charge >= 0.3 is 12.0 Å². The first kappa shape index (κ1) is 17.8. The van der Waals surface area contributed by atoms with Crippen LogP contribution in [0.25, 0.3) is 0 Å². The topological polar surface area (TPSA) is 81.7 Å². The molecule has 3 N–H and O–H groups in total. The molecule has 0 saturated heterocycles. The van der Waals surface area contributed by atoms with Crippen LogP contribution >= 0.6 is 0 Å². The largest absolute Gasteiger partial charge is 0.481 e. The number of urea groups is 1. The average molecular weight is 299 g/mol. The number of aliphatic carboxylic acids is 1. The summed E-state index contributed by atoms with van der Waals surface area (Å²) in [7, 11) is 4.00. The van der Waals surface area contributed by atoms with Crippen molar-refractivity contribution in [1.82, 2.24) is 15.5 Å². The molecule has 0 spiro atoms. The van der Waals surface area contributed by atoms with Gasteiger partial charge in [-0.3, -0.25) is 4.79 Å². The molecule has 0 aromatic heterocycles. The zero-order chi connectivity index (χ0) is 15.8. The summed E-state index contributed by atoms with van der Waals surface area (Å²) in [5, 5.41) is 14.9. The number of hydrogen-bond acceptors (Lipinski definition) is 3. The highest BCUT2D eigenvalue weighted by Gasteiger charge is 2.30. The van der Waals surface area contributed by atoms with Crippen LogP contribution in [0.5, 0.6) is 0 Å². The summed E-state index contributed by atoms with van der Waals surface area (Å²) in [6.07, 6.45) is 4.52. The summed E-state index contributed by atoms with van der Waals surface area (Å²) < 4.78 is 0. The highest BCUT2D eigenvalue weighted by molar-refractivity contribution is 5.74. The number of carboxylic acid groups (broad SMARTS) is 1. The molecule has 0 aliphatic heterocycles. The molecule has 21 heavy (non-hydrogen) atoms. The van der Waals surface area contributed by atoms with Crippen LogP contribution in [0.2, 0.25) is 0 Å². The van der Waals surface area contributed by atoms with Crippen molar-refractivity contribution in [2.45, 2.75) is 45.1 Å². The van der Waals surface area contributed by atoms with Crippen molar-refractivity contribution in [3.05, 3.63) is 0 Å². The highest BCUT2D eigenvalue weighted by atomic mass is 16.4. The van der Waals surface area contributed by atoms with Crippen LogP contribution in [-0.4, -0.2) is 55.2 Å². The van der Waals surface area contributed by atoms with Gasteiger partial charge in [-0.2, -0.15) is 0 Å². The van der Waals surface area contributed by atoms with E-state index in [0.29, 0.717) is 6.54 Å². The van der Waals surface area contributed by atoms with Crippen molar-refractivity contribution in [3.63, 3.8) is 0 Å². The van der Waals surface area contributed by atoms with Crippen LogP contribution in [0.1, 0.15) is 39.0 Å². The van der Waals surface area contributed by atoms with Crippen LogP contribution in [0.3, 0.4) is 0 Å². The van der Waals surface area contributed by atoms with Crippen molar-refractivity contribution in [2.24, 2.45) is 11.8 Å². The summed E-state index contributed by atoms with van der Waals surface area (Å²) in [5.74, 6) is -0.995. The van der Waals surface area contributed by atoms with Crippen molar-refractivity contribution in [1.29, 1.82) is 0 Å². The number of nitrogens with one attached hydrogen (secondary N) is 2. The fourth-order valence-corrected chi connectivity index (χ4v) is 2.80. The van der Waals surface area contributed by atoms with Gasteiger partial charge < -0.3 is 20.6 Å². The van der Waals surface area contributed by atoms with Crippen LogP contribution in [0, 0.1) is 11.8 Å². The lowest BCUT2D eigenvalue weighted by Gasteiger charge is -2.28. The Kier molecular flexibility index (Phi) is 7.50. The molecular weight excluding hydrogens is 270 g/mol. The van der Waals surface area contributed by atoms with E-state index in [4.69, 9.17) is 0 Å². The van der Waals surface area contributed by atoms with Crippen LogP contribution in [0.4, 0.5) is 4.79 Å². The Hall–Kier alpha value is -1.30. The summed E-state index contributed by atoms with van der Waals surface area (Å²) in [5.41, 5.74) is 0. The minimum Gasteiger partial charge on any atom is -0.481 e. The fourth-order valence-electron chi connectivity index (χ4n) is 2.80. The highest BCUT2D eigenvalue weighted by Crippen LogP contribution is 2.29. The van der Waals surface area contributed by atoms with E-state index in [1.54, 1.807) is 0 Å². The molecule has 3 unspecified atom stereocenters. The fraction of sp³-hybridized carbons (Fsp3) is 0.867. The molecule has 0 aromatic rings. The summed E-state index contributed by atoms with van der Waals surface area (Å²) in [4.78, 5) is 25.1. The predicted molar refractivity (Wildman–Crippen MR) is 82.3 cm³/mol. The third-order valence-corrected chi connectivity index (χ3v) is 4.14. The standard InChI is InChI=1S/C15H29N3O3/c1-11(8-9-18(2)3)17-15(21)16-10-12-6-4-5-7-13(12)14(19)20/h11-13H,4-10H2,1-3H3,(H,19,20)(H2,16,17,21). The smallest absolute Gasteiger partial charge is 0.315 e. The molecule has 1 rings (SSSR count). The summed E-state index contributed by atoms with van der Waals surface area (Å²) in [6.45, 7) is 3.35. The maximum atomic E-state index is 11.8. The number of carbonyl (C=O) groups is 2. The van der Waals surface area contributed by atoms with Crippen molar-refractivity contribution < 1.29 is 14.7 Å². The van der Waals surface area contributed by atoms with Crippen molar-refractivity contribution >= 4 is 12.0 Å². The van der Waals surface area contributed by atoms with Crippen LogP contribution in [0.15, 0.2) is 0 Å². The lowest BCUT2D eigenvalue weighted by Crippen LogP contribution is -2.45. The molecule has 0 aromatic carbocycles. The Labute approximate surface area is 127 Å². The number of rotatable bonds is 7. The maximum absolute atomic E-state index is 11.8. The molecule has 6 heteroatoms. The Balaban J connectivity index is 2.29. The Morgan fingerprint density at radius 2 is 1.95 bits per heavy atom. The molecule has 0 radical (unpaired) electrons. The third-order valence-electron chi connectivity index (χ3n) is 4.14. The van der Waals surface area contributed by atoms with Crippen molar-refractivity contribution in [2.75, 3.05) is 27.2 Å². The summed E-state index contributed by atoms with van der Waals surface area (Å²) >= 11 is 0. The lowest BCUT2D eigenvalue weighted by atomic mass is 9.79. The maximum Gasteiger partial charge on any atom is 0.315 e. The summed E-state index contributed by atoms with van der Waals surface area (Å²) in [6, 6.07) is -0.0926. The second-order valence-electron chi connectivity index (χ2n) is 6.34. The number of carbonyl (C=O) groups excluding carboxylic acids is 1. The van der Waals surface area contributed by atoms with Gasteiger partial charge in [0.15, 0.2) is 0 Å². The first-order valence-electron chi connectivity index (χ1n) is 7.82. The lowest BCUT2D eigenvalue weighted by molar-refractivity contribution is -0.144. The molecule has 1 aliphatic rings. The van der Waals surface area contributed by atoms with Crippen molar-refractivity contribution in [3.8, 4) is 0 Å². The Morgan fingerprint density at radius 3 is 2.57 bits per heavy atom. The minimum absolute atomic E-state index is 0.0547. The molecule has 0 bridgehead atoms. The normalized spacial score (nSPS) is 23.6. The average Bonchev–Trinajstić information content (AvgIpc) is 2.43. The molecule has 3 atom stereocenters. The molecule has 6 nitrogen and oxygen atoms in total. The zero-order valence-electron chi connectivity index (χ0n) is 13.4. The van der Waals surface area contributed by atoms with Gasteiger partial charge in [-0.1, -0.05) is 12.8 Å².